The van der Waals surface area contributed by atoms with Gasteiger partial charge in [0.25, 0.3) is 0 Å². The van der Waals surface area contributed by atoms with Gasteiger partial charge >= 0.3 is 0 Å². The summed E-state index contributed by atoms with van der Waals surface area (Å²) in [5.74, 6) is 0.726. The van der Waals surface area contributed by atoms with Crippen LogP contribution in [0.5, 0.6) is 0 Å². The minimum atomic E-state index is 0.427. The standard InChI is InChI=1S/C18H30N2O/c1-15(2)12-19-10-8-16-4-6-17(7-5-16)13-20-11-9-18(14-20)21-3/h4-7,15,18-19H,8-14H2,1-3H3. The molecule has 0 amide bonds. The molecule has 1 saturated heterocycles. The van der Waals surface area contributed by atoms with Crippen molar-refractivity contribution < 1.29 is 4.74 Å². The maximum absolute atomic E-state index is 5.42. The third-order valence-electron chi connectivity index (χ3n) is 4.13. The van der Waals surface area contributed by atoms with Crippen molar-refractivity contribution in [3.8, 4) is 0 Å². The van der Waals surface area contributed by atoms with Crippen LogP contribution in [0.15, 0.2) is 24.3 Å². The number of nitrogens with one attached hydrogen (secondary N) is 1. The van der Waals surface area contributed by atoms with E-state index in [9.17, 15) is 0 Å². The number of hydrogen-bond acceptors (Lipinski definition) is 3. The van der Waals surface area contributed by atoms with E-state index >= 15 is 0 Å². The summed E-state index contributed by atoms with van der Waals surface area (Å²) >= 11 is 0. The summed E-state index contributed by atoms with van der Waals surface area (Å²) in [4.78, 5) is 2.48. The SMILES string of the molecule is COC1CCN(Cc2ccc(CCNCC(C)C)cc2)C1. The number of rotatable bonds is 8. The van der Waals surface area contributed by atoms with Gasteiger partial charge in [-0.15, -0.1) is 0 Å². The zero-order valence-corrected chi connectivity index (χ0v) is 13.8. The van der Waals surface area contributed by atoms with Gasteiger partial charge in [0.15, 0.2) is 0 Å². The Kier molecular flexibility index (Phi) is 6.68. The average molecular weight is 290 g/mol. The summed E-state index contributed by atoms with van der Waals surface area (Å²) in [6.07, 6.45) is 2.70. The van der Waals surface area contributed by atoms with Gasteiger partial charge in [0.1, 0.15) is 0 Å². The summed E-state index contributed by atoms with van der Waals surface area (Å²) in [5, 5.41) is 3.50. The van der Waals surface area contributed by atoms with Crippen molar-refractivity contribution in [2.24, 2.45) is 5.92 Å². The number of methoxy groups -OCH3 is 1. The molecule has 0 spiro atoms. The Labute approximate surface area is 129 Å². The maximum Gasteiger partial charge on any atom is 0.0710 e. The molecular weight excluding hydrogens is 260 g/mol. The molecule has 2 rings (SSSR count). The molecule has 1 heterocycles. The van der Waals surface area contributed by atoms with Gasteiger partial charge in [0, 0.05) is 26.7 Å². The van der Waals surface area contributed by atoms with Gasteiger partial charge in [-0.3, -0.25) is 4.90 Å². The minimum absolute atomic E-state index is 0.427. The van der Waals surface area contributed by atoms with E-state index in [1.165, 1.54) is 11.1 Å². The van der Waals surface area contributed by atoms with Crippen molar-refractivity contribution in [3.05, 3.63) is 35.4 Å². The first kappa shape index (κ1) is 16.5. The van der Waals surface area contributed by atoms with Crippen molar-refractivity contribution in [3.63, 3.8) is 0 Å². The normalized spacial score (nSPS) is 19.5. The number of nitrogens with zero attached hydrogens (tertiary/aromatic N) is 1. The van der Waals surface area contributed by atoms with Crippen molar-refractivity contribution >= 4 is 0 Å². The second-order valence-corrected chi connectivity index (χ2v) is 6.55. The van der Waals surface area contributed by atoms with Crippen molar-refractivity contribution in [2.45, 2.75) is 39.3 Å². The van der Waals surface area contributed by atoms with Crippen LogP contribution in [-0.4, -0.2) is 44.3 Å². The lowest BCUT2D eigenvalue weighted by Gasteiger charge is -2.16. The second-order valence-electron chi connectivity index (χ2n) is 6.55. The van der Waals surface area contributed by atoms with E-state index in [1.807, 2.05) is 7.11 Å². The molecule has 118 valence electrons. The highest BCUT2D eigenvalue weighted by atomic mass is 16.5. The zero-order chi connectivity index (χ0) is 15.1. The summed E-state index contributed by atoms with van der Waals surface area (Å²) in [6.45, 7) is 9.93. The molecule has 1 N–H and O–H groups in total. The predicted molar refractivity (Wildman–Crippen MR) is 88.5 cm³/mol. The predicted octanol–water partition coefficient (Wildman–Crippen LogP) is 2.70. The number of hydrogen-bond donors (Lipinski definition) is 1. The summed E-state index contributed by atoms with van der Waals surface area (Å²) in [6, 6.07) is 9.10. The van der Waals surface area contributed by atoms with Crippen molar-refractivity contribution in [1.29, 1.82) is 0 Å². The molecule has 1 aliphatic rings. The van der Waals surface area contributed by atoms with Gasteiger partial charge in [-0.1, -0.05) is 38.1 Å². The van der Waals surface area contributed by atoms with Gasteiger partial charge in [-0.2, -0.15) is 0 Å². The van der Waals surface area contributed by atoms with Crippen LogP contribution in [0.25, 0.3) is 0 Å². The first-order valence-electron chi connectivity index (χ1n) is 8.21. The molecule has 3 heteroatoms. The fourth-order valence-corrected chi connectivity index (χ4v) is 2.83. The Morgan fingerprint density at radius 3 is 2.57 bits per heavy atom. The average Bonchev–Trinajstić information content (AvgIpc) is 2.93. The lowest BCUT2D eigenvalue weighted by molar-refractivity contribution is 0.107. The molecule has 0 saturated carbocycles. The van der Waals surface area contributed by atoms with E-state index in [4.69, 9.17) is 4.74 Å². The van der Waals surface area contributed by atoms with E-state index in [1.54, 1.807) is 0 Å². The highest BCUT2D eigenvalue weighted by Crippen LogP contribution is 2.15. The van der Waals surface area contributed by atoms with E-state index in [2.05, 4.69) is 48.3 Å². The van der Waals surface area contributed by atoms with E-state index in [0.717, 1.165) is 51.5 Å². The van der Waals surface area contributed by atoms with Gasteiger partial charge < -0.3 is 10.1 Å². The van der Waals surface area contributed by atoms with Crippen molar-refractivity contribution in [2.75, 3.05) is 33.3 Å². The van der Waals surface area contributed by atoms with Crippen LogP contribution in [-0.2, 0) is 17.7 Å². The maximum atomic E-state index is 5.42. The van der Waals surface area contributed by atoms with Crippen LogP contribution < -0.4 is 5.32 Å². The quantitative estimate of drug-likeness (QED) is 0.745. The topological polar surface area (TPSA) is 24.5 Å². The monoisotopic (exact) mass is 290 g/mol. The van der Waals surface area contributed by atoms with E-state index in [0.29, 0.717) is 6.10 Å². The minimum Gasteiger partial charge on any atom is -0.380 e. The molecule has 1 aromatic rings. The van der Waals surface area contributed by atoms with Crippen LogP contribution in [0.2, 0.25) is 0 Å². The van der Waals surface area contributed by atoms with E-state index in [-0.39, 0.29) is 0 Å². The summed E-state index contributed by atoms with van der Waals surface area (Å²) in [5.41, 5.74) is 2.83. The zero-order valence-electron chi connectivity index (χ0n) is 13.8. The lowest BCUT2D eigenvalue weighted by Crippen LogP contribution is -2.22. The van der Waals surface area contributed by atoms with Gasteiger partial charge in [-0.25, -0.2) is 0 Å². The largest absolute Gasteiger partial charge is 0.380 e. The van der Waals surface area contributed by atoms with Crippen LogP contribution in [0.4, 0.5) is 0 Å². The fraction of sp³-hybridized carbons (Fsp3) is 0.667. The first-order valence-corrected chi connectivity index (χ1v) is 8.21. The molecule has 0 aliphatic carbocycles. The molecule has 1 atom stereocenters. The Hall–Kier alpha value is -0.900. The molecule has 1 aromatic carbocycles. The molecule has 21 heavy (non-hydrogen) atoms. The first-order chi connectivity index (χ1) is 10.2. The highest BCUT2D eigenvalue weighted by Gasteiger charge is 2.21. The molecule has 3 nitrogen and oxygen atoms in total. The second kappa shape index (κ2) is 8.52. The highest BCUT2D eigenvalue weighted by molar-refractivity contribution is 5.22. The fourth-order valence-electron chi connectivity index (χ4n) is 2.83. The third kappa shape index (κ3) is 5.77. The smallest absolute Gasteiger partial charge is 0.0710 e. The third-order valence-corrected chi connectivity index (χ3v) is 4.13. The molecule has 1 fully saturated rings. The Bertz CT molecular complexity index is 402. The van der Waals surface area contributed by atoms with Crippen LogP contribution in [0.3, 0.4) is 0 Å². The number of benzene rings is 1. The molecule has 1 unspecified atom stereocenters. The lowest BCUT2D eigenvalue weighted by atomic mass is 10.1. The van der Waals surface area contributed by atoms with Crippen LogP contribution in [0, 0.1) is 5.92 Å². The Morgan fingerprint density at radius 1 is 1.24 bits per heavy atom. The Morgan fingerprint density at radius 2 is 1.95 bits per heavy atom. The number of ether oxygens (including phenoxy) is 1. The molecule has 0 aromatic heterocycles. The van der Waals surface area contributed by atoms with Gasteiger partial charge in [0.05, 0.1) is 6.10 Å². The van der Waals surface area contributed by atoms with E-state index < -0.39 is 0 Å². The molecular formula is C18H30N2O. The molecule has 0 radical (unpaired) electrons. The summed E-state index contributed by atoms with van der Waals surface area (Å²) in [7, 11) is 1.82. The number of likely N-dealkylation sites (tertiary alicyclic amines) is 1. The van der Waals surface area contributed by atoms with Crippen molar-refractivity contribution in [1.82, 2.24) is 10.2 Å². The van der Waals surface area contributed by atoms with Crippen LogP contribution >= 0.6 is 0 Å². The molecule has 1 aliphatic heterocycles. The summed E-state index contributed by atoms with van der Waals surface area (Å²) < 4.78 is 5.42. The molecule has 0 bridgehead atoms. The Balaban J connectivity index is 1.72. The van der Waals surface area contributed by atoms with Gasteiger partial charge in [-0.05, 0) is 43.0 Å². The van der Waals surface area contributed by atoms with Gasteiger partial charge in [0.2, 0.25) is 0 Å². The van der Waals surface area contributed by atoms with Crippen LogP contribution in [0.1, 0.15) is 31.4 Å².